The first-order valence-corrected chi connectivity index (χ1v) is 3.44. The minimum Gasteiger partial charge on any atom is -0.274 e. The second kappa shape index (κ2) is 2.94. The van der Waals surface area contributed by atoms with Crippen molar-refractivity contribution in [1.29, 1.82) is 0 Å². The standard InChI is InChI=1S/C6H6BNS/c7-5-3-1-2-4-6(5)9-8/h1-4H,8H2. The monoisotopic (exact) mass is 135 g/mol. The van der Waals surface area contributed by atoms with Crippen LogP contribution < -0.4 is 10.6 Å². The molecule has 2 radical (unpaired) electrons. The Morgan fingerprint density at radius 1 is 1.33 bits per heavy atom. The lowest BCUT2D eigenvalue weighted by Gasteiger charge is -1.97. The zero-order valence-corrected chi connectivity index (χ0v) is 5.69. The Balaban J connectivity index is 3.01. The smallest absolute Gasteiger partial charge is 0.115 e. The summed E-state index contributed by atoms with van der Waals surface area (Å²) in [6.07, 6.45) is 0. The summed E-state index contributed by atoms with van der Waals surface area (Å²) < 4.78 is 0. The molecule has 1 rings (SSSR count). The Hall–Kier alpha value is -0.405. The van der Waals surface area contributed by atoms with Gasteiger partial charge >= 0.3 is 0 Å². The van der Waals surface area contributed by atoms with Crippen LogP contribution in [0.4, 0.5) is 0 Å². The zero-order chi connectivity index (χ0) is 6.69. The molecule has 1 aromatic carbocycles. The van der Waals surface area contributed by atoms with Crippen molar-refractivity contribution in [3.63, 3.8) is 0 Å². The minimum atomic E-state index is 0.741. The molecule has 0 saturated heterocycles. The first-order valence-electron chi connectivity index (χ1n) is 2.56. The third kappa shape index (κ3) is 1.50. The summed E-state index contributed by atoms with van der Waals surface area (Å²) in [5.74, 6) is 0. The molecule has 44 valence electrons. The Kier molecular flexibility index (Phi) is 2.19. The number of hydrogen-bond acceptors (Lipinski definition) is 2. The molecule has 0 saturated carbocycles. The highest BCUT2D eigenvalue weighted by Crippen LogP contribution is 2.05. The maximum absolute atomic E-state index is 5.53. The maximum Gasteiger partial charge on any atom is 0.115 e. The average molecular weight is 135 g/mol. The normalized spacial score (nSPS) is 9.44. The van der Waals surface area contributed by atoms with Gasteiger partial charge in [-0.15, -0.1) is 0 Å². The molecule has 0 fully saturated rings. The number of benzene rings is 1. The largest absolute Gasteiger partial charge is 0.274 e. The topological polar surface area (TPSA) is 26.0 Å². The molecule has 1 nitrogen and oxygen atoms in total. The van der Waals surface area contributed by atoms with Gasteiger partial charge in [0.15, 0.2) is 0 Å². The van der Waals surface area contributed by atoms with Gasteiger partial charge in [-0.1, -0.05) is 23.7 Å². The van der Waals surface area contributed by atoms with E-state index < -0.39 is 0 Å². The Bertz CT molecular complexity index is 202. The molecule has 2 N–H and O–H groups in total. The van der Waals surface area contributed by atoms with Crippen molar-refractivity contribution in [2.75, 3.05) is 0 Å². The maximum atomic E-state index is 5.53. The van der Waals surface area contributed by atoms with Crippen molar-refractivity contribution in [3.05, 3.63) is 24.3 Å². The van der Waals surface area contributed by atoms with Crippen molar-refractivity contribution in [2.24, 2.45) is 5.14 Å². The molecule has 1 aromatic rings. The van der Waals surface area contributed by atoms with Crippen LogP contribution in [0, 0.1) is 0 Å². The molecule has 9 heavy (non-hydrogen) atoms. The molecule has 0 spiro atoms. The third-order valence-electron chi connectivity index (χ3n) is 1.05. The van der Waals surface area contributed by atoms with Gasteiger partial charge in [0.25, 0.3) is 0 Å². The van der Waals surface area contributed by atoms with Gasteiger partial charge in [0.1, 0.15) is 7.85 Å². The van der Waals surface area contributed by atoms with E-state index in [1.165, 1.54) is 11.9 Å². The highest BCUT2D eigenvalue weighted by atomic mass is 32.2. The number of rotatable bonds is 1. The highest BCUT2D eigenvalue weighted by Gasteiger charge is 1.90. The third-order valence-corrected chi connectivity index (χ3v) is 1.67. The van der Waals surface area contributed by atoms with E-state index in [-0.39, 0.29) is 0 Å². The van der Waals surface area contributed by atoms with E-state index in [2.05, 4.69) is 0 Å². The fourth-order valence-electron chi connectivity index (χ4n) is 0.588. The molecule has 0 aliphatic rings. The van der Waals surface area contributed by atoms with E-state index >= 15 is 0 Å². The van der Waals surface area contributed by atoms with Crippen LogP contribution in [-0.2, 0) is 0 Å². The second-order valence-electron chi connectivity index (χ2n) is 1.66. The lowest BCUT2D eigenvalue weighted by atomic mass is 9.97. The van der Waals surface area contributed by atoms with Gasteiger partial charge in [-0.3, -0.25) is 5.14 Å². The summed E-state index contributed by atoms with van der Waals surface area (Å²) in [5, 5.41) is 5.29. The summed E-state index contributed by atoms with van der Waals surface area (Å²) in [4.78, 5) is 0.928. The van der Waals surface area contributed by atoms with Crippen LogP contribution >= 0.6 is 11.9 Å². The van der Waals surface area contributed by atoms with Crippen molar-refractivity contribution in [1.82, 2.24) is 0 Å². The lowest BCUT2D eigenvalue weighted by Crippen LogP contribution is -2.05. The van der Waals surface area contributed by atoms with Gasteiger partial charge < -0.3 is 0 Å². The van der Waals surface area contributed by atoms with Gasteiger partial charge in [-0.05, 0) is 18.0 Å². The molecule has 0 unspecified atom stereocenters. The second-order valence-corrected chi connectivity index (χ2v) is 2.33. The van der Waals surface area contributed by atoms with Crippen molar-refractivity contribution >= 4 is 25.3 Å². The van der Waals surface area contributed by atoms with Crippen LogP contribution in [0.25, 0.3) is 0 Å². The van der Waals surface area contributed by atoms with Crippen LogP contribution in [0.3, 0.4) is 0 Å². The van der Waals surface area contributed by atoms with Crippen molar-refractivity contribution in [2.45, 2.75) is 4.90 Å². The van der Waals surface area contributed by atoms with Gasteiger partial charge in [0.05, 0.1) is 0 Å². The van der Waals surface area contributed by atoms with E-state index in [1.807, 2.05) is 24.3 Å². The minimum absolute atomic E-state index is 0.741. The van der Waals surface area contributed by atoms with Crippen molar-refractivity contribution < 1.29 is 0 Å². The first kappa shape index (κ1) is 6.71. The van der Waals surface area contributed by atoms with Gasteiger partial charge in [0, 0.05) is 4.90 Å². The molecular weight excluding hydrogens is 129 g/mol. The van der Waals surface area contributed by atoms with Gasteiger partial charge in [0.2, 0.25) is 0 Å². The van der Waals surface area contributed by atoms with Crippen LogP contribution in [-0.4, -0.2) is 7.85 Å². The molecule has 0 amide bonds. The SMILES string of the molecule is [B]c1ccccc1SN. The summed E-state index contributed by atoms with van der Waals surface area (Å²) >= 11 is 1.17. The summed E-state index contributed by atoms with van der Waals surface area (Å²) in [5.41, 5.74) is 0.741. The van der Waals surface area contributed by atoms with E-state index in [4.69, 9.17) is 13.0 Å². The summed E-state index contributed by atoms with van der Waals surface area (Å²) in [7, 11) is 5.53. The van der Waals surface area contributed by atoms with Crippen LogP contribution in [0.1, 0.15) is 0 Å². The van der Waals surface area contributed by atoms with E-state index in [1.54, 1.807) is 0 Å². The number of hydrogen-bond donors (Lipinski definition) is 1. The fraction of sp³-hybridized carbons (Fsp3) is 0. The predicted octanol–water partition coefficient (Wildman–Crippen LogP) is 0.446. The average Bonchev–Trinajstić information content (AvgIpc) is 1.89. The van der Waals surface area contributed by atoms with Gasteiger partial charge in [-0.2, -0.15) is 0 Å². The summed E-state index contributed by atoms with van der Waals surface area (Å²) in [6, 6.07) is 7.51. The molecule has 3 heteroatoms. The van der Waals surface area contributed by atoms with Crippen molar-refractivity contribution in [3.8, 4) is 0 Å². The molecule has 0 aromatic heterocycles. The Morgan fingerprint density at radius 2 is 2.00 bits per heavy atom. The molecule has 0 aliphatic heterocycles. The Morgan fingerprint density at radius 3 is 2.44 bits per heavy atom. The molecular formula is C6H6BNS. The van der Waals surface area contributed by atoms with Crippen LogP contribution in [0.15, 0.2) is 29.2 Å². The van der Waals surface area contributed by atoms with Crippen LogP contribution in [0.2, 0.25) is 0 Å². The molecule has 0 atom stereocenters. The quantitative estimate of drug-likeness (QED) is 0.446. The summed E-state index contributed by atoms with van der Waals surface area (Å²) in [6.45, 7) is 0. The predicted molar refractivity (Wildman–Crippen MR) is 41.9 cm³/mol. The first-order chi connectivity index (χ1) is 4.34. The molecule has 0 aliphatic carbocycles. The van der Waals surface area contributed by atoms with Gasteiger partial charge in [-0.25, -0.2) is 0 Å². The van der Waals surface area contributed by atoms with E-state index in [0.29, 0.717) is 0 Å². The van der Waals surface area contributed by atoms with E-state index in [0.717, 1.165) is 10.4 Å². The number of nitrogens with two attached hydrogens (primary N) is 1. The van der Waals surface area contributed by atoms with E-state index in [9.17, 15) is 0 Å². The Labute approximate surface area is 60.2 Å². The zero-order valence-electron chi connectivity index (χ0n) is 4.87. The molecule has 0 bridgehead atoms. The lowest BCUT2D eigenvalue weighted by molar-refractivity contribution is 1.52. The molecule has 0 heterocycles. The van der Waals surface area contributed by atoms with Crippen LogP contribution in [0.5, 0.6) is 0 Å². The fourth-order valence-corrected chi connectivity index (χ4v) is 0.949. The highest BCUT2D eigenvalue weighted by molar-refractivity contribution is 7.97.